The second-order valence-corrected chi connectivity index (χ2v) is 12.5. The summed E-state index contributed by atoms with van der Waals surface area (Å²) in [6.45, 7) is 3.98. The van der Waals surface area contributed by atoms with E-state index in [9.17, 15) is 19.7 Å². The first-order valence-corrected chi connectivity index (χ1v) is 17.9. The lowest BCUT2D eigenvalue weighted by Crippen LogP contribution is -2.11. The van der Waals surface area contributed by atoms with Crippen molar-refractivity contribution in [3.63, 3.8) is 0 Å². The fraction of sp³-hybridized carbons (Fsp3) is 0.189. The zero-order valence-corrected chi connectivity index (χ0v) is 30.7. The number of carbonyl (C=O) groups excluding carboxylic acids is 2. The number of nitrogens with zero attached hydrogens (tertiary/aromatic N) is 7. The number of benzene rings is 4. The van der Waals surface area contributed by atoms with Crippen molar-refractivity contribution >= 4 is 40.7 Å². The third kappa shape index (κ3) is 10.4. The molecule has 0 aliphatic carbocycles. The Balaban J connectivity index is 0.000000204. The van der Waals surface area contributed by atoms with E-state index in [1.165, 1.54) is 35.2 Å². The molecule has 0 saturated carbocycles. The number of nitro benzene ring substituents is 1. The van der Waals surface area contributed by atoms with E-state index in [4.69, 9.17) is 14.2 Å². The number of ether oxygens (including phenoxy) is 3. The summed E-state index contributed by atoms with van der Waals surface area (Å²) in [7, 11) is 1.64. The summed E-state index contributed by atoms with van der Waals surface area (Å²) >= 11 is 2.61. The van der Waals surface area contributed by atoms with Crippen LogP contribution in [0.1, 0.15) is 13.8 Å². The molecule has 14 nitrogen and oxygen atoms in total. The van der Waals surface area contributed by atoms with Crippen LogP contribution in [-0.2, 0) is 19.1 Å². The van der Waals surface area contributed by atoms with Crippen molar-refractivity contribution < 1.29 is 28.7 Å². The minimum absolute atomic E-state index is 0.0114. The lowest BCUT2D eigenvalue weighted by molar-refractivity contribution is -0.384. The summed E-state index contributed by atoms with van der Waals surface area (Å²) in [5.41, 5.74) is 3.51. The maximum Gasteiger partial charge on any atom is 0.327 e. The molecule has 0 N–H and O–H groups in total. The van der Waals surface area contributed by atoms with Crippen LogP contribution in [0, 0.1) is 10.1 Å². The molecule has 2 aromatic heterocycles. The summed E-state index contributed by atoms with van der Waals surface area (Å²) in [5.74, 6) is 1.41. The van der Waals surface area contributed by atoms with E-state index in [0.717, 1.165) is 34.1 Å². The molecule has 0 fully saturated rings. The normalized spacial score (nSPS) is 11.4. The zero-order valence-electron chi connectivity index (χ0n) is 29.0. The van der Waals surface area contributed by atoms with Gasteiger partial charge in [0.2, 0.25) is 9.60 Å². The van der Waals surface area contributed by atoms with Crippen LogP contribution in [0.2, 0.25) is 0 Å². The van der Waals surface area contributed by atoms with Gasteiger partial charge < -0.3 is 14.2 Å². The van der Waals surface area contributed by atoms with E-state index in [2.05, 4.69) is 20.0 Å². The second kappa shape index (κ2) is 18.8. The molecule has 0 bridgehead atoms. The number of nitro groups is 1. The van der Waals surface area contributed by atoms with Gasteiger partial charge >= 0.3 is 11.9 Å². The first-order chi connectivity index (χ1) is 25.8. The number of methoxy groups -OCH3 is 1. The maximum atomic E-state index is 11.6. The third-order valence-corrected chi connectivity index (χ3v) is 9.00. The Hall–Kier alpha value is -6.26. The monoisotopic (exact) mass is 753 g/mol. The number of non-ortho nitro benzene ring substituents is 1. The molecule has 0 aliphatic heterocycles. The van der Waals surface area contributed by atoms with Crippen LogP contribution in [0.5, 0.6) is 5.75 Å². The Kier molecular flexibility index (Phi) is 13.5. The molecule has 0 aliphatic rings. The van der Waals surface area contributed by atoms with Crippen molar-refractivity contribution in [2.24, 2.45) is 9.98 Å². The molecule has 0 atom stereocenters. The Morgan fingerprint density at radius 3 is 1.47 bits per heavy atom. The van der Waals surface area contributed by atoms with Crippen LogP contribution in [0.25, 0.3) is 34.2 Å². The van der Waals surface area contributed by atoms with Crippen molar-refractivity contribution in [1.82, 2.24) is 17.9 Å². The van der Waals surface area contributed by atoms with Gasteiger partial charge in [0.25, 0.3) is 5.69 Å². The molecule has 0 unspecified atom stereocenters. The minimum atomic E-state index is -0.445. The van der Waals surface area contributed by atoms with Crippen LogP contribution in [0.4, 0.5) is 5.69 Å². The molecule has 6 rings (SSSR count). The second-order valence-electron chi connectivity index (χ2n) is 10.7. The molecule has 0 amide bonds. The summed E-state index contributed by atoms with van der Waals surface area (Å²) in [5, 5.41) is 10.9. The van der Waals surface area contributed by atoms with E-state index < -0.39 is 10.9 Å². The van der Waals surface area contributed by atoms with E-state index in [1.807, 2.05) is 92.8 Å². The molecule has 6 aromatic rings. The average molecular weight is 754 g/mol. The highest BCUT2D eigenvalue weighted by molar-refractivity contribution is 7.04. The van der Waals surface area contributed by atoms with E-state index in [1.54, 1.807) is 33.1 Å². The number of hydrogen-bond acceptors (Lipinski definition) is 13. The van der Waals surface area contributed by atoms with Gasteiger partial charge in [0.15, 0.2) is 11.6 Å². The predicted octanol–water partition coefficient (Wildman–Crippen LogP) is 6.05. The number of esters is 2. The van der Waals surface area contributed by atoms with Gasteiger partial charge in [0, 0.05) is 23.3 Å². The molecule has 2 heterocycles. The van der Waals surface area contributed by atoms with Gasteiger partial charge in [-0.15, -0.1) is 0 Å². The highest BCUT2D eigenvalue weighted by Gasteiger charge is 2.14. The van der Waals surface area contributed by atoms with Crippen LogP contribution in [0.15, 0.2) is 119 Å². The van der Waals surface area contributed by atoms with Gasteiger partial charge in [0.05, 0.1) is 36.6 Å². The predicted molar refractivity (Wildman–Crippen MR) is 201 cm³/mol. The highest BCUT2D eigenvalue weighted by atomic mass is 32.1. The van der Waals surface area contributed by atoms with Gasteiger partial charge in [0.1, 0.15) is 18.8 Å². The van der Waals surface area contributed by atoms with Gasteiger partial charge in [-0.3, -0.25) is 19.7 Å². The van der Waals surface area contributed by atoms with Crippen molar-refractivity contribution in [1.29, 1.82) is 0 Å². The number of aromatic nitrogens is 4. The molecular formula is C37H35N7O7S2. The average Bonchev–Trinajstić information content (AvgIpc) is 3.83. The molecule has 16 heteroatoms. The minimum Gasteiger partial charge on any atom is -0.497 e. The zero-order chi connectivity index (χ0) is 37.6. The van der Waals surface area contributed by atoms with E-state index >= 15 is 0 Å². The first-order valence-electron chi connectivity index (χ1n) is 16.3. The van der Waals surface area contributed by atoms with Crippen LogP contribution < -0.4 is 14.3 Å². The Labute approximate surface area is 312 Å². The SMILES string of the molecule is CCOC(=O)C/N=c1\nc(-c2ccccc2)n(-c2ccc(OC)cc2)s1.CCOC(=O)C/N=c1\nc(-c2ccccc2)n(-c2ccc([N+](=O)[O-])cc2)s1. The smallest absolute Gasteiger partial charge is 0.327 e. The molecule has 0 spiro atoms. The van der Waals surface area contributed by atoms with Crippen LogP contribution in [0.3, 0.4) is 0 Å². The quantitative estimate of drug-likeness (QED) is 0.0822. The molecule has 0 radical (unpaired) electrons. The lowest BCUT2D eigenvalue weighted by Gasteiger charge is -2.07. The van der Waals surface area contributed by atoms with Gasteiger partial charge in [-0.2, -0.15) is 9.97 Å². The summed E-state index contributed by atoms with van der Waals surface area (Å²) in [6.07, 6.45) is 0. The third-order valence-electron chi connectivity index (χ3n) is 7.10. The number of carbonyl (C=O) groups is 2. The molecular weight excluding hydrogens is 719 g/mol. The highest BCUT2D eigenvalue weighted by Crippen LogP contribution is 2.25. The largest absolute Gasteiger partial charge is 0.497 e. The lowest BCUT2D eigenvalue weighted by atomic mass is 10.2. The Morgan fingerprint density at radius 2 is 1.09 bits per heavy atom. The van der Waals surface area contributed by atoms with Crippen LogP contribution in [-0.4, -0.2) is 68.2 Å². The Morgan fingerprint density at radius 1 is 0.679 bits per heavy atom. The van der Waals surface area contributed by atoms with Crippen LogP contribution >= 0.6 is 23.1 Å². The Bertz CT molecular complexity index is 2270. The van der Waals surface area contributed by atoms with Gasteiger partial charge in [-0.1, -0.05) is 60.7 Å². The van der Waals surface area contributed by atoms with Crippen molar-refractivity contribution in [3.8, 4) is 39.9 Å². The van der Waals surface area contributed by atoms with E-state index in [-0.39, 0.29) is 24.7 Å². The fourth-order valence-electron chi connectivity index (χ4n) is 4.68. The van der Waals surface area contributed by atoms with Crippen molar-refractivity contribution in [2.75, 3.05) is 33.4 Å². The molecule has 4 aromatic carbocycles. The van der Waals surface area contributed by atoms with Gasteiger partial charge in [-0.05, 0) is 73.3 Å². The van der Waals surface area contributed by atoms with Crippen molar-refractivity contribution in [2.45, 2.75) is 13.8 Å². The van der Waals surface area contributed by atoms with E-state index in [0.29, 0.717) is 28.6 Å². The van der Waals surface area contributed by atoms with Crippen molar-refractivity contribution in [3.05, 3.63) is 129 Å². The number of hydrogen-bond donors (Lipinski definition) is 0. The topological polar surface area (TPSA) is 165 Å². The van der Waals surface area contributed by atoms with Gasteiger partial charge in [-0.25, -0.2) is 17.9 Å². The molecule has 0 saturated heterocycles. The summed E-state index contributed by atoms with van der Waals surface area (Å²) in [4.78, 5) is 52.1. The molecule has 53 heavy (non-hydrogen) atoms. The first kappa shape index (κ1) is 38.0. The molecule has 272 valence electrons. The fourth-order valence-corrected chi connectivity index (χ4v) is 6.43. The number of rotatable bonds is 12. The summed E-state index contributed by atoms with van der Waals surface area (Å²) in [6, 6.07) is 33.2. The standard InChI is InChI=1S/C19H19N3O3S.C18H16N4O4S/c1-3-25-17(23)13-20-19-21-18(14-7-5-4-6-8-14)22(26-19)15-9-11-16(24-2)12-10-15;1-2-26-16(23)12-19-18-20-17(13-6-4-3-5-7-13)21(27-18)14-8-10-15(11-9-14)22(24)25/h4-12H,3,13H2,1-2H3;3-11H,2,12H2,1H3/b20-19+;19-18+. The summed E-state index contributed by atoms with van der Waals surface area (Å²) < 4.78 is 18.8. The maximum absolute atomic E-state index is 11.6.